The first kappa shape index (κ1) is 17.1. The summed E-state index contributed by atoms with van der Waals surface area (Å²) < 4.78 is 7.06. The molecule has 3 aromatic heterocycles. The summed E-state index contributed by atoms with van der Waals surface area (Å²) >= 11 is 0. The average molecular weight is 341 g/mol. The van der Waals surface area contributed by atoms with Crippen molar-refractivity contribution < 1.29 is 4.52 Å². The zero-order valence-corrected chi connectivity index (χ0v) is 15.2. The van der Waals surface area contributed by atoms with Gasteiger partial charge in [0.2, 0.25) is 5.82 Å². The molecule has 0 atom stereocenters. The molecule has 0 amide bonds. The Balaban J connectivity index is 1.93. The molecule has 0 unspecified atom stereocenters. The molecule has 1 N–H and O–H groups in total. The monoisotopic (exact) mass is 341 g/mol. The molecule has 0 radical (unpaired) electrons. The molecule has 0 saturated heterocycles. The summed E-state index contributed by atoms with van der Waals surface area (Å²) in [7, 11) is 1.83. The van der Waals surface area contributed by atoms with E-state index in [0.29, 0.717) is 23.3 Å². The van der Waals surface area contributed by atoms with Crippen LogP contribution >= 0.6 is 0 Å². The summed E-state index contributed by atoms with van der Waals surface area (Å²) in [6.45, 7) is 8.36. The van der Waals surface area contributed by atoms with Gasteiger partial charge in [0, 0.05) is 12.7 Å². The molecule has 0 bridgehead atoms. The lowest BCUT2D eigenvalue weighted by molar-refractivity contribution is 0.428. The predicted octanol–water partition coefficient (Wildman–Crippen LogP) is 3.15. The first-order valence-corrected chi connectivity index (χ1v) is 8.45. The molecule has 0 aliphatic carbocycles. The first-order chi connectivity index (χ1) is 11.8. The van der Waals surface area contributed by atoms with E-state index in [1.165, 1.54) is 0 Å². The van der Waals surface area contributed by atoms with E-state index in [1.54, 1.807) is 10.7 Å². The van der Waals surface area contributed by atoms with Crippen molar-refractivity contribution in [2.75, 3.05) is 0 Å². The summed E-state index contributed by atoms with van der Waals surface area (Å²) in [5.74, 6) is 1.40. The lowest BCUT2D eigenvalue weighted by Gasteiger charge is -2.04. The number of H-pyrrole nitrogens is 1. The van der Waals surface area contributed by atoms with Crippen LogP contribution in [0.3, 0.4) is 0 Å². The summed E-state index contributed by atoms with van der Waals surface area (Å²) in [5, 5.41) is 8.41. The van der Waals surface area contributed by atoms with Gasteiger partial charge in [-0.05, 0) is 36.5 Å². The van der Waals surface area contributed by atoms with E-state index >= 15 is 0 Å². The number of nitrogens with zero attached hydrogens (tertiary/aromatic N) is 4. The molecule has 25 heavy (non-hydrogen) atoms. The van der Waals surface area contributed by atoms with Crippen LogP contribution in [-0.2, 0) is 13.5 Å². The molecule has 132 valence electrons. The molecule has 0 saturated carbocycles. The van der Waals surface area contributed by atoms with Crippen LogP contribution in [0.15, 0.2) is 27.5 Å². The van der Waals surface area contributed by atoms with Gasteiger partial charge in [-0.15, -0.1) is 0 Å². The van der Waals surface area contributed by atoms with Gasteiger partial charge in [0.1, 0.15) is 5.69 Å². The van der Waals surface area contributed by atoms with Crippen LogP contribution in [0.25, 0.3) is 23.0 Å². The smallest absolute Gasteiger partial charge is 0.276 e. The zero-order chi connectivity index (χ0) is 18.1. The summed E-state index contributed by atoms with van der Waals surface area (Å²) in [6.07, 6.45) is 0.819. The van der Waals surface area contributed by atoms with Crippen LogP contribution in [0.2, 0.25) is 0 Å². The Morgan fingerprint density at radius 1 is 1.24 bits per heavy atom. The lowest BCUT2D eigenvalue weighted by atomic mass is 10.1. The van der Waals surface area contributed by atoms with Gasteiger partial charge in [-0.2, -0.15) is 10.1 Å². The van der Waals surface area contributed by atoms with Crippen molar-refractivity contribution in [1.82, 2.24) is 24.9 Å². The number of aromatic amines is 1. The van der Waals surface area contributed by atoms with Gasteiger partial charge in [-0.25, -0.2) is 0 Å². The van der Waals surface area contributed by atoms with E-state index in [1.807, 2.05) is 19.2 Å². The number of hydrogen-bond donors (Lipinski definition) is 1. The van der Waals surface area contributed by atoms with Crippen LogP contribution < -0.4 is 5.56 Å². The Labute approximate surface area is 146 Å². The fourth-order valence-electron chi connectivity index (χ4n) is 2.66. The Bertz CT molecular complexity index is 933. The maximum Gasteiger partial charge on any atom is 0.276 e. The third-order valence-corrected chi connectivity index (χ3v) is 3.97. The second-order valence-electron chi connectivity index (χ2n) is 6.98. The molecule has 0 fully saturated rings. The average Bonchev–Trinajstić information content (AvgIpc) is 3.13. The van der Waals surface area contributed by atoms with E-state index < -0.39 is 0 Å². The minimum Gasteiger partial charge on any atom is -0.332 e. The molecule has 7 nitrogen and oxygen atoms in total. The minimum absolute atomic E-state index is 0.210. The predicted molar refractivity (Wildman–Crippen MR) is 95.2 cm³/mol. The maximum absolute atomic E-state index is 12.3. The van der Waals surface area contributed by atoms with Gasteiger partial charge in [0.15, 0.2) is 0 Å². The molecule has 0 spiro atoms. The van der Waals surface area contributed by atoms with Crippen molar-refractivity contribution in [2.24, 2.45) is 13.0 Å². The van der Waals surface area contributed by atoms with Crippen LogP contribution in [0.1, 0.15) is 45.0 Å². The highest BCUT2D eigenvalue weighted by molar-refractivity contribution is 5.57. The maximum atomic E-state index is 12.3. The van der Waals surface area contributed by atoms with E-state index in [2.05, 4.69) is 47.9 Å². The topological polar surface area (TPSA) is 89.6 Å². The SMILES string of the molecule is CC(C)Cc1ccc(-c2noc(-c3cc(C(C)C)nn3C)n2)c(=O)[nH]1. The van der Waals surface area contributed by atoms with Crippen LogP contribution in [0, 0.1) is 5.92 Å². The van der Waals surface area contributed by atoms with Gasteiger partial charge in [0.05, 0.1) is 11.3 Å². The molecular weight excluding hydrogens is 318 g/mol. The summed E-state index contributed by atoms with van der Waals surface area (Å²) in [4.78, 5) is 19.6. The van der Waals surface area contributed by atoms with Gasteiger partial charge in [0.25, 0.3) is 11.4 Å². The van der Waals surface area contributed by atoms with E-state index in [0.717, 1.165) is 23.5 Å². The Morgan fingerprint density at radius 2 is 2.00 bits per heavy atom. The molecule has 3 heterocycles. The van der Waals surface area contributed by atoms with Crippen molar-refractivity contribution in [3.8, 4) is 23.0 Å². The Kier molecular flexibility index (Phi) is 4.57. The van der Waals surface area contributed by atoms with Crippen molar-refractivity contribution in [2.45, 2.75) is 40.0 Å². The van der Waals surface area contributed by atoms with Crippen LogP contribution in [0.4, 0.5) is 0 Å². The van der Waals surface area contributed by atoms with E-state index in [9.17, 15) is 4.79 Å². The quantitative estimate of drug-likeness (QED) is 0.770. The second-order valence-corrected chi connectivity index (χ2v) is 6.98. The summed E-state index contributed by atoms with van der Waals surface area (Å²) in [5.41, 5.74) is 2.77. The van der Waals surface area contributed by atoms with Gasteiger partial charge >= 0.3 is 0 Å². The molecule has 0 aliphatic rings. The van der Waals surface area contributed by atoms with Crippen molar-refractivity contribution in [1.29, 1.82) is 0 Å². The van der Waals surface area contributed by atoms with Gasteiger partial charge in [-0.3, -0.25) is 9.48 Å². The molecule has 7 heteroatoms. The standard InChI is InChI=1S/C18H23N5O2/c1-10(2)8-12-6-7-13(17(24)19-12)16-20-18(25-22-16)15-9-14(11(3)4)21-23(15)5/h6-7,9-11H,8H2,1-5H3,(H,19,24). The molecule has 3 aromatic rings. The number of rotatable bonds is 5. The number of aryl methyl sites for hydroxylation is 1. The van der Waals surface area contributed by atoms with Crippen LogP contribution in [-0.4, -0.2) is 24.9 Å². The highest BCUT2D eigenvalue weighted by Crippen LogP contribution is 2.23. The van der Waals surface area contributed by atoms with E-state index in [4.69, 9.17) is 4.52 Å². The summed E-state index contributed by atoms with van der Waals surface area (Å²) in [6, 6.07) is 5.57. The highest BCUT2D eigenvalue weighted by atomic mass is 16.5. The molecule has 0 aromatic carbocycles. The largest absolute Gasteiger partial charge is 0.332 e. The molecule has 0 aliphatic heterocycles. The number of hydrogen-bond acceptors (Lipinski definition) is 5. The van der Waals surface area contributed by atoms with Crippen molar-refractivity contribution in [3.63, 3.8) is 0 Å². The number of pyridine rings is 1. The second kappa shape index (κ2) is 6.66. The zero-order valence-electron chi connectivity index (χ0n) is 15.2. The molecular formula is C18H23N5O2. The third-order valence-electron chi connectivity index (χ3n) is 3.97. The Hall–Kier alpha value is -2.70. The first-order valence-electron chi connectivity index (χ1n) is 8.45. The highest BCUT2D eigenvalue weighted by Gasteiger charge is 2.18. The minimum atomic E-state index is -0.210. The van der Waals surface area contributed by atoms with Gasteiger partial charge < -0.3 is 9.51 Å². The lowest BCUT2D eigenvalue weighted by Crippen LogP contribution is -2.13. The van der Waals surface area contributed by atoms with E-state index in [-0.39, 0.29) is 11.4 Å². The fraction of sp³-hybridized carbons (Fsp3) is 0.444. The third kappa shape index (κ3) is 3.55. The van der Waals surface area contributed by atoms with Crippen LogP contribution in [0.5, 0.6) is 0 Å². The van der Waals surface area contributed by atoms with Crippen molar-refractivity contribution in [3.05, 3.63) is 39.9 Å². The fourth-order valence-corrected chi connectivity index (χ4v) is 2.66. The van der Waals surface area contributed by atoms with Gasteiger partial charge in [-0.1, -0.05) is 32.9 Å². The molecule has 3 rings (SSSR count). The Morgan fingerprint density at radius 3 is 2.60 bits per heavy atom. The normalized spacial score (nSPS) is 11.6. The number of nitrogens with one attached hydrogen (secondary N) is 1. The number of aromatic nitrogens is 5. The van der Waals surface area contributed by atoms with Crippen molar-refractivity contribution >= 4 is 0 Å².